The number of fused-ring (bicyclic) bond motifs is 2. The van der Waals surface area contributed by atoms with E-state index in [4.69, 9.17) is 19.4 Å². The van der Waals surface area contributed by atoms with Crippen molar-refractivity contribution in [3.63, 3.8) is 0 Å². The zero-order valence-electron chi connectivity index (χ0n) is 41.3. The number of alkyl carbamates (subject to hydrolysis) is 1. The zero-order chi connectivity index (χ0) is 48.6. The average Bonchev–Trinajstić information content (AvgIpc) is 4.00. The van der Waals surface area contributed by atoms with Gasteiger partial charge in [-0.1, -0.05) is 76.2 Å². The number of hydrogen-bond acceptors (Lipinski definition) is 8. The third kappa shape index (κ3) is 8.63. The van der Waals surface area contributed by atoms with Crippen LogP contribution in [-0.2, 0) is 49.5 Å². The Morgan fingerprint density at radius 1 is 0.643 bits per heavy atom. The molecule has 2 spiro atoms. The average molecular weight is 944 g/mol. The summed E-state index contributed by atoms with van der Waals surface area (Å²) in [6, 6.07) is 25.9. The van der Waals surface area contributed by atoms with E-state index in [0.717, 1.165) is 109 Å². The van der Waals surface area contributed by atoms with Gasteiger partial charge in [0.15, 0.2) is 0 Å². The first kappa shape index (κ1) is 45.9. The summed E-state index contributed by atoms with van der Waals surface area (Å²) in [4.78, 5) is 74.5. The number of nitrogens with zero attached hydrogens (tertiary/aromatic N) is 4. The number of rotatable bonds is 11. The van der Waals surface area contributed by atoms with Crippen LogP contribution in [0.4, 0.5) is 4.79 Å². The molecule has 4 heterocycles. The van der Waals surface area contributed by atoms with Gasteiger partial charge in [-0.05, 0) is 156 Å². The fourth-order valence-electron chi connectivity index (χ4n) is 11.9. The largest absolute Gasteiger partial charge is 0.469 e. The van der Waals surface area contributed by atoms with Crippen molar-refractivity contribution in [3.8, 4) is 22.3 Å². The minimum atomic E-state index is -0.690. The number of carbonyl (C=O) groups excluding carboxylic acids is 4. The van der Waals surface area contributed by atoms with Gasteiger partial charge in [0.2, 0.25) is 11.8 Å². The summed E-state index contributed by atoms with van der Waals surface area (Å²) in [5, 5.41) is 2.79. The number of hydrogen-bond donors (Lipinski definition) is 3. The van der Waals surface area contributed by atoms with Crippen molar-refractivity contribution in [2.45, 2.75) is 116 Å². The summed E-state index contributed by atoms with van der Waals surface area (Å²) < 4.78 is 9.87. The van der Waals surface area contributed by atoms with Crippen LogP contribution in [0.1, 0.15) is 119 Å². The molecule has 4 atom stereocenters. The second-order valence-corrected chi connectivity index (χ2v) is 22.1. The lowest BCUT2D eigenvalue weighted by atomic mass is 9.87. The lowest BCUT2D eigenvalue weighted by Crippen LogP contribution is -2.51. The lowest BCUT2D eigenvalue weighted by Gasteiger charge is -2.30. The van der Waals surface area contributed by atoms with Crippen molar-refractivity contribution in [1.82, 2.24) is 35.1 Å². The number of aromatic amines is 2. The van der Waals surface area contributed by atoms with Crippen LogP contribution in [0.2, 0.25) is 0 Å². The van der Waals surface area contributed by atoms with E-state index in [0.29, 0.717) is 13.1 Å². The number of likely N-dealkylation sites (tertiary alicyclic amines) is 2. The maximum Gasteiger partial charge on any atom is 0.407 e. The summed E-state index contributed by atoms with van der Waals surface area (Å²) in [5.41, 5.74) is 13.8. The SMILES string of the molecule is COC(=O)C[C@H](C(=O)N1CC2(CC2)CC1c1nc2ccc(-c3cc4ccc3CCc3ccc(c(-c5ccc6nc([C@@H]7CC8(CC8)CN7C(=O)[C@@H](NC(=O)OC)C(C)C)[nH]c6c5)c3)CC4)cc2[nH]1)C(C)C. The molecule has 4 fully saturated rings. The molecule has 13 nitrogen and oxygen atoms in total. The zero-order valence-corrected chi connectivity index (χ0v) is 41.3. The molecule has 2 aliphatic heterocycles. The summed E-state index contributed by atoms with van der Waals surface area (Å²) in [5.74, 6) is 0.627. The van der Waals surface area contributed by atoms with E-state index in [-0.39, 0.29) is 59.0 Å². The monoisotopic (exact) mass is 943 g/mol. The van der Waals surface area contributed by atoms with Gasteiger partial charge in [-0.25, -0.2) is 14.8 Å². The molecule has 4 aromatic carbocycles. The summed E-state index contributed by atoms with van der Waals surface area (Å²) in [6.07, 6.45) is 9.11. The molecular formula is C57H65N7O6. The Balaban J connectivity index is 0.838. The Hall–Kier alpha value is -6.50. The number of esters is 1. The van der Waals surface area contributed by atoms with E-state index in [1.165, 1.54) is 47.6 Å². The summed E-state index contributed by atoms with van der Waals surface area (Å²) >= 11 is 0. The van der Waals surface area contributed by atoms with Crippen LogP contribution >= 0.6 is 0 Å². The molecule has 70 heavy (non-hydrogen) atoms. The fourth-order valence-corrected chi connectivity index (χ4v) is 11.9. The molecule has 3 amide bonds. The number of aryl methyl sites for hydroxylation is 4. The Morgan fingerprint density at radius 3 is 1.59 bits per heavy atom. The van der Waals surface area contributed by atoms with Crippen LogP contribution in [0.5, 0.6) is 0 Å². The lowest BCUT2D eigenvalue weighted by molar-refractivity contribution is -0.148. The number of methoxy groups -OCH3 is 2. The summed E-state index contributed by atoms with van der Waals surface area (Å²) in [7, 11) is 2.70. The molecule has 3 N–H and O–H groups in total. The molecule has 6 aromatic rings. The highest BCUT2D eigenvalue weighted by Crippen LogP contribution is 2.60. The molecule has 0 radical (unpaired) electrons. The maximum atomic E-state index is 14.2. The normalized spacial score (nSPS) is 20.6. The minimum absolute atomic E-state index is 0.00276. The molecule has 6 aliphatic carbocycles. The molecule has 364 valence electrons. The molecule has 13 heteroatoms. The number of aromatic nitrogens is 4. The molecular weight excluding hydrogens is 879 g/mol. The number of H-pyrrole nitrogens is 2. The van der Waals surface area contributed by atoms with E-state index in [1.807, 2.05) is 37.5 Å². The fraction of sp³-hybridized carbons (Fsp3) is 0.474. The van der Waals surface area contributed by atoms with E-state index < -0.39 is 18.1 Å². The topological polar surface area (TPSA) is 163 Å². The van der Waals surface area contributed by atoms with Gasteiger partial charge in [0.05, 0.1) is 60.7 Å². The number of carbonyl (C=O) groups is 4. The van der Waals surface area contributed by atoms with E-state index in [9.17, 15) is 19.2 Å². The van der Waals surface area contributed by atoms with Gasteiger partial charge < -0.3 is 34.6 Å². The van der Waals surface area contributed by atoms with Crippen molar-refractivity contribution in [1.29, 1.82) is 0 Å². The smallest absolute Gasteiger partial charge is 0.407 e. The first-order valence-electron chi connectivity index (χ1n) is 25.5. The first-order chi connectivity index (χ1) is 33.7. The Labute approximate surface area is 409 Å². The maximum absolute atomic E-state index is 14.2. The molecule has 4 bridgehead atoms. The van der Waals surface area contributed by atoms with Gasteiger partial charge in [0, 0.05) is 13.1 Å². The minimum Gasteiger partial charge on any atom is -0.469 e. The predicted octanol–water partition coefficient (Wildman–Crippen LogP) is 9.98. The molecule has 2 aromatic heterocycles. The highest BCUT2D eigenvalue weighted by molar-refractivity contribution is 5.88. The number of ether oxygens (including phenoxy) is 2. The number of nitrogens with one attached hydrogen (secondary N) is 3. The number of amides is 3. The molecule has 2 saturated carbocycles. The van der Waals surface area contributed by atoms with Gasteiger partial charge in [-0.2, -0.15) is 0 Å². The predicted molar refractivity (Wildman–Crippen MR) is 268 cm³/mol. The van der Waals surface area contributed by atoms with Gasteiger partial charge in [0.25, 0.3) is 0 Å². The Kier molecular flexibility index (Phi) is 11.6. The standard InChI is InChI=1S/C57H65N7O6/c1-32(2)40(27-49(65)69-5)53(66)63-30-56(19-20-56)28-47(63)51-58-43-17-15-38(25-45(43)60-51)41-23-34-7-11-36(41)12-8-35-10-14-37(13-9-34)42(24-35)39-16-18-44-46(26-39)61-52(59-44)48-29-57(21-22-57)31-64(48)54(67)50(33(3)4)62-55(68)70-6/h7,10-11,14-18,23-26,32-33,40,47-48,50H,8-9,12-13,19-22,27-31H2,1-6H3,(H,58,60)(H,59,61)(H,62,68)/t40-,47?,48-,50-/m0/s1. The van der Waals surface area contributed by atoms with Crippen LogP contribution < -0.4 is 5.32 Å². The van der Waals surface area contributed by atoms with Crippen LogP contribution in [0.15, 0.2) is 72.8 Å². The quantitative estimate of drug-likeness (QED) is 0.108. The van der Waals surface area contributed by atoms with Gasteiger partial charge in [0.1, 0.15) is 17.7 Å². The highest BCUT2D eigenvalue weighted by Gasteiger charge is 2.56. The van der Waals surface area contributed by atoms with E-state index in [2.05, 4.69) is 88.1 Å². The van der Waals surface area contributed by atoms with Crippen molar-refractivity contribution in [3.05, 3.63) is 107 Å². The molecule has 8 aliphatic rings. The van der Waals surface area contributed by atoms with Crippen molar-refractivity contribution in [2.75, 3.05) is 27.3 Å². The third-order valence-electron chi connectivity index (χ3n) is 16.6. The highest BCUT2D eigenvalue weighted by atomic mass is 16.5. The van der Waals surface area contributed by atoms with E-state index >= 15 is 0 Å². The number of imidazole rings is 2. The molecule has 14 rings (SSSR count). The van der Waals surface area contributed by atoms with Crippen LogP contribution in [0.25, 0.3) is 44.3 Å². The molecule has 2 saturated heterocycles. The van der Waals surface area contributed by atoms with Crippen molar-refractivity contribution >= 4 is 45.9 Å². The second kappa shape index (κ2) is 17.7. The van der Waals surface area contributed by atoms with Crippen LogP contribution in [-0.4, -0.2) is 87.0 Å². The molecule has 1 unspecified atom stereocenters. The van der Waals surface area contributed by atoms with Gasteiger partial charge in [-0.3, -0.25) is 14.4 Å². The van der Waals surface area contributed by atoms with E-state index in [1.54, 1.807) is 0 Å². The van der Waals surface area contributed by atoms with Crippen LogP contribution in [0, 0.1) is 28.6 Å². The third-order valence-corrected chi connectivity index (χ3v) is 16.6. The Bertz CT molecular complexity index is 2850. The summed E-state index contributed by atoms with van der Waals surface area (Å²) in [6.45, 7) is 9.26. The van der Waals surface area contributed by atoms with Crippen molar-refractivity contribution in [2.24, 2.45) is 28.6 Å². The van der Waals surface area contributed by atoms with Crippen molar-refractivity contribution < 1.29 is 28.7 Å². The van der Waals surface area contributed by atoms with Gasteiger partial charge >= 0.3 is 12.1 Å². The Morgan fingerprint density at radius 2 is 1.14 bits per heavy atom. The van der Waals surface area contributed by atoms with Gasteiger partial charge in [-0.15, -0.1) is 0 Å². The second-order valence-electron chi connectivity index (χ2n) is 22.1. The first-order valence-corrected chi connectivity index (χ1v) is 25.5. The number of benzene rings is 4. The van der Waals surface area contributed by atoms with Crippen LogP contribution in [0.3, 0.4) is 0 Å².